The van der Waals surface area contributed by atoms with E-state index < -0.39 is 12.0 Å². The third-order valence-corrected chi connectivity index (χ3v) is 4.19. The van der Waals surface area contributed by atoms with Crippen molar-refractivity contribution in [1.29, 1.82) is 0 Å². The van der Waals surface area contributed by atoms with Gasteiger partial charge in [-0.1, -0.05) is 36.5 Å². The first-order valence-corrected chi connectivity index (χ1v) is 7.78. The zero-order chi connectivity index (χ0) is 15.1. The molecule has 0 spiro atoms. The van der Waals surface area contributed by atoms with Crippen molar-refractivity contribution >= 4 is 46.8 Å². The SMILES string of the molecule is CCC[C@@H](NC(=O)CSc1cc(Cl)ccc1Cl)C(=O)O. The number of halogens is 2. The average molecular weight is 336 g/mol. The Bertz CT molecular complexity index is 497. The molecule has 0 saturated carbocycles. The van der Waals surface area contributed by atoms with Gasteiger partial charge in [-0.05, 0) is 24.6 Å². The van der Waals surface area contributed by atoms with Crippen molar-refractivity contribution in [3.05, 3.63) is 28.2 Å². The van der Waals surface area contributed by atoms with Crippen molar-refractivity contribution in [2.75, 3.05) is 5.75 Å². The lowest BCUT2D eigenvalue weighted by Crippen LogP contribution is -2.41. The van der Waals surface area contributed by atoms with Crippen LogP contribution in [0.2, 0.25) is 10.0 Å². The second-order valence-electron chi connectivity index (χ2n) is 4.11. The second-order valence-corrected chi connectivity index (χ2v) is 5.97. The fourth-order valence-corrected chi connectivity index (χ4v) is 2.82. The molecule has 1 atom stereocenters. The van der Waals surface area contributed by atoms with Crippen LogP contribution in [0.4, 0.5) is 0 Å². The minimum atomic E-state index is -1.02. The molecule has 0 aliphatic carbocycles. The molecule has 0 aromatic heterocycles. The summed E-state index contributed by atoms with van der Waals surface area (Å²) in [7, 11) is 0. The van der Waals surface area contributed by atoms with Gasteiger partial charge in [0.25, 0.3) is 0 Å². The van der Waals surface area contributed by atoms with E-state index in [0.717, 1.165) is 0 Å². The van der Waals surface area contributed by atoms with Crippen LogP contribution in [0.25, 0.3) is 0 Å². The quantitative estimate of drug-likeness (QED) is 0.749. The Balaban J connectivity index is 2.54. The van der Waals surface area contributed by atoms with Crippen molar-refractivity contribution in [1.82, 2.24) is 5.32 Å². The van der Waals surface area contributed by atoms with Crippen LogP contribution in [0, 0.1) is 0 Å². The van der Waals surface area contributed by atoms with E-state index in [4.69, 9.17) is 28.3 Å². The summed E-state index contributed by atoms with van der Waals surface area (Å²) in [6.07, 6.45) is 1.09. The highest BCUT2D eigenvalue weighted by atomic mass is 35.5. The fourth-order valence-electron chi connectivity index (χ4n) is 1.51. The van der Waals surface area contributed by atoms with Gasteiger partial charge in [0.15, 0.2) is 0 Å². The van der Waals surface area contributed by atoms with Gasteiger partial charge in [-0.15, -0.1) is 11.8 Å². The Kier molecular flexibility index (Phi) is 7.19. The first-order chi connectivity index (χ1) is 9.43. The Hall–Kier alpha value is -0.910. The van der Waals surface area contributed by atoms with Gasteiger partial charge in [-0.25, -0.2) is 4.79 Å². The lowest BCUT2D eigenvalue weighted by Gasteiger charge is -2.13. The molecule has 0 aliphatic heterocycles. The number of carboxylic acids is 1. The minimum absolute atomic E-state index is 0.0908. The number of benzene rings is 1. The third kappa shape index (κ3) is 5.61. The predicted molar refractivity (Wildman–Crippen MR) is 81.7 cm³/mol. The molecule has 0 bridgehead atoms. The molecule has 1 aromatic rings. The van der Waals surface area contributed by atoms with Gasteiger partial charge in [0.1, 0.15) is 6.04 Å². The second kappa shape index (κ2) is 8.39. The molecule has 0 unspecified atom stereocenters. The lowest BCUT2D eigenvalue weighted by atomic mass is 10.2. The normalized spacial score (nSPS) is 11.9. The van der Waals surface area contributed by atoms with Crippen LogP contribution in [0.3, 0.4) is 0 Å². The first kappa shape index (κ1) is 17.1. The van der Waals surface area contributed by atoms with Crippen molar-refractivity contribution < 1.29 is 14.7 Å². The van der Waals surface area contributed by atoms with Gasteiger partial charge in [0.05, 0.1) is 10.8 Å². The van der Waals surface area contributed by atoms with Crippen LogP contribution in [-0.2, 0) is 9.59 Å². The molecule has 1 amide bonds. The molecule has 110 valence electrons. The molecule has 1 aromatic carbocycles. The number of carbonyl (C=O) groups is 2. The van der Waals surface area contributed by atoms with Gasteiger partial charge in [0.2, 0.25) is 5.91 Å². The van der Waals surface area contributed by atoms with E-state index in [0.29, 0.717) is 27.8 Å². The van der Waals surface area contributed by atoms with E-state index in [9.17, 15) is 9.59 Å². The number of amides is 1. The summed E-state index contributed by atoms with van der Waals surface area (Å²) in [4.78, 5) is 23.4. The van der Waals surface area contributed by atoms with Crippen LogP contribution in [0.1, 0.15) is 19.8 Å². The Morgan fingerprint density at radius 2 is 2.10 bits per heavy atom. The van der Waals surface area contributed by atoms with Crippen LogP contribution < -0.4 is 5.32 Å². The number of carboxylic acid groups (broad SMARTS) is 1. The van der Waals surface area contributed by atoms with Crippen molar-refractivity contribution in [2.24, 2.45) is 0 Å². The zero-order valence-electron chi connectivity index (χ0n) is 10.9. The van der Waals surface area contributed by atoms with Crippen LogP contribution in [0.5, 0.6) is 0 Å². The highest BCUT2D eigenvalue weighted by Gasteiger charge is 2.18. The van der Waals surface area contributed by atoms with Gasteiger partial charge in [-0.3, -0.25) is 4.79 Å². The fraction of sp³-hybridized carbons (Fsp3) is 0.385. The Labute approximate surface area is 131 Å². The number of nitrogens with one attached hydrogen (secondary N) is 1. The molecule has 2 N–H and O–H groups in total. The third-order valence-electron chi connectivity index (χ3n) is 2.46. The average Bonchev–Trinajstić information content (AvgIpc) is 2.39. The molecule has 0 radical (unpaired) electrons. The maximum absolute atomic E-state index is 11.7. The highest BCUT2D eigenvalue weighted by Crippen LogP contribution is 2.29. The summed E-state index contributed by atoms with van der Waals surface area (Å²) in [6.45, 7) is 1.86. The van der Waals surface area contributed by atoms with Gasteiger partial charge < -0.3 is 10.4 Å². The van der Waals surface area contributed by atoms with E-state index in [2.05, 4.69) is 5.32 Å². The van der Waals surface area contributed by atoms with Crippen LogP contribution in [0.15, 0.2) is 23.1 Å². The van der Waals surface area contributed by atoms with E-state index in [1.165, 1.54) is 11.8 Å². The maximum Gasteiger partial charge on any atom is 0.326 e. The summed E-state index contributed by atoms with van der Waals surface area (Å²) >= 11 is 13.0. The molecule has 0 saturated heterocycles. The molecule has 1 rings (SSSR count). The Morgan fingerprint density at radius 1 is 1.40 bits per heavy atom. The number of rotatable bonds is 7. The van der Waals surface area contributed by atoms with E-state index in [1.54, 1.807) is 18.2 Å². The molecule has 0 aliphatic rings. The number of carbonyl (C=O) groups excluding carboxylic acids is 1. The minimum Gasteiger partial charge on any atom is -0.480 e. The number of aliphatic carboxylic acids is 1. The van der Waals surface area contributed by atoms with Crippen molar-refractivity contribution in [2.45, 2.75) is 30.7 Å². The van der Waals surface area contributed by atoms with Crippen LogP contribution >= 0.6 is 35.0 Å². The molecule has 7 heteroatoms. The molecule has 0 fully saturated rings. The standard InChI is InChI=1S/C13H15Cl2NO3S/c1-2-3-10(13(18)19)16-12(17)7-20-11-6-8(14)4-5-9(11)15/h4-6,10H,2-3,7H2,1H3,(H,16,17)(H,18,19)/t10-/m1/s1. The van der Waals surface area contributed by atoms with E-state index in [1.807, 2.05) is 6.92 Å². The highest BCUT2D eigenvalue weighted by molar-refractivity contribution is 8.00. The summed E-state index contributed by atoms with van der Waals surface area (Å²) in [5.41, 5.74) is 0. The maximum atomic E-state index is 11.7. The van der Waals surface area contributed by atoms with Gasteiger partial charge >= 0.3 is 5.97 Å². The van der Waals surface area contributed by atoms with E-state index in [-0.39, 0.29) is 11.7 Å². The molecule has 20 heavy (non-hydrogen) atoms. The first-order valence-electron chi connectivity index (χ1n) is 6.04. The van der Waals surface area contributed by atoms with Gasteiger partial charge in [0, 0.05) is 9.92 Å². The number of thioether (sulfide) groups is 1. The molecular formula is C13H15Cl2NO3S. The summed E-state index contributed by atoms with van der Waals surface area (Å²) in [5.74, 6) is -1.27. The topological polar surface area (TPSA) is 66.4 Å². The summed E-state index contributed by atoms with van der Waals surface area (Å²) in [5, 5.41) is 12.5. The summed E-state index contributed by atoms with van der Waals surface area (Å²) < 4.78 is 0. The molecule has 4 nitrogen and oxygen atoms in total. The molecule has 0 heterocycles. The Morgan fingerprint density at radius 3 is 2.70 bits per heavy atom. The summed E-state index contributed by atoms with van der Waals surface area (Å²) in [6, 6.07) is 4.14. The van der Waals surface area contributed by atoms with Crippen molar-refractivity contribution in [3.8, 4) is 0 Å². The molecular weight excluding hydrogens is 321 g/mol. The van der Waals surface area contributed by atoms with Crippen LogP contribution in [-0.4, -0.2) is 28.8 Å². The number of hydrogen-bond donors (Lipinski definition) is 2. The largest absolute Gasteiger partial charge is 0.480 e. The smallest absolute Gasteiger partial charge is 0.326 e. The van der Waals surface area contributed by atoms with E-state index >= 15 is 0 Å². The predicted octanol–water partition coefficient (Wildman–Crippen LogP) is 3.46. The van der Waals surface area contributed by atoms with Crippen molar-refractivity contribution in [3.63, 3.8) is 0 Å². The zero-order valence-corrected chi connectivity index (χ0v) is 13.2. The number of hydrogen-bond acceptors (Lipinski definition) is 3. The monoisotopic (exact) mass is 335 g/mol. The lowest BCUT2D eigenvalue weighted by molar-refractivity contribution is -0.141. The van der Waals surface area contributed by atoms with Gasteiger partial charge in [-0.2, -0.15) is 0 Å².